The van der Waals surface area contributed by atoms with Crippen molar-refractivity contribution >= 4 is 0 Å². The number of rotatable bonds is 8. The maximum absolute atomic E-state index is 3.42. The smallest absolute Gasteiger partial charge is 0.00488 e. The van der Waals surface area contributed by atoms with Gasteiger partial charge in [-0.25, -0.2) is 0 Å². The van der Waals surface area contributed by atoms with E-state index in [1.165, 1.54) is 31.3 Å². The molecular weight excluding hydrogens is 182 g/mol. The minimum atomic E-state index is 1.15. The normalized spacial score (nSPS) is 11.0. The Morgan fingerprint density at radius 1 is 1.20 bits per heavy atom. The molecular formula is C14H25N. The van der Waals surface area contributed by atoms with E-state index in [-0.39, 0.29) is 0 Å². The second-order valence-electron chi connectivity index (χ2n) is 3.67. The van der Waals surface area contributed by atoms with Crippen LogP contribution >= 0.6 is 0 Å². The molecule has 1 heteroatoms. The molecule has 1 N–H and O–H groups in total. The molecule has 15 heavy (non-hydrogen) atoms. The van der Waals surface area contributed by atoms with E-state index in [1.807, 2.05) is 13.0 Å². The first kappa shape index (κ1) is 14.2. The van der Waals surface area contributed by atoms with Crippen molar-refractivity contribution in [2.75, 3.05) is 13.1 Å². The average molecular weight is 207 g/mol. The summed E-state index contributed by atoms with van der Waals surface area (Å²) in [5, 5.41) is 3.42. The summed E-state index contributed by atoms with van der Waals surface area (Å²) in [6.07, 6.45) is 11.1. The van der Waals surface area contributed by atoms with E-state index in [9.17, 15) is 0 Å². The molecule has 0 spiro atoms. The fraction of sp³-hybridized carbons (Fsp3) is 0.643. The van der Waals surface area contributed by atoms with Crippen molar-refractivity contribution < 1.29 is 0 Å². The third kappa shape index (κ3) is 9.52. The molecule has 0 heterocycles. The van der Waals surface area contributed by atoms with Gasteiger partial charge in [-0.15, -0.1) is 5.73 Å². The van der Waals surface area contributed by atoms with Crippen molar-refractivity contribution in [2.45, 2.75) is 46.5 Å². The van der Waals surface area contributed by atoms with E-state index in [0.29, 0.717) is 0 Å². The van der Waals surface area contributed by atoms with Crippen LogP contribution in [0.2, 0.25) is 0 Å². The molecule has 0 aliphatic carbocycles. The number of allylic oxidation sites excluding steroid dienone is 3. The van der Waals surface area contributed by atoms with Crippen LogP contribution in [-0.4, -0.2) is 13.1 Å². The summed E-state index contributed by atoms with van der Waals surface area (Å²) in [5.41, 5.74) is 4.52. The Morgan fingerprint density at radius 3 is 2.60 bits per heavy atom. The second kappa shape index (κ2) is 11.3. The fourth-order valence-electron chi connectivity index (χ4n) is 1.37. The number of hydrogen-bond donors (Lipinski definition) is 1. The molecule has 0 saturated carbocycles. The van der Waals surface area contributed by atoms with Gasteiger partial charge in [-0.3, -0.25) is 0 Å². The Morgan fingerprint density at radius 2 is 2.00 bits per heavy atom. The summed E-state index contributed by atoms with van der Waals surface area (Å²) in [7, 11) is 0. The highest BCUT2D eigenvalue weighted by Gasteiger charge is 1.92. The van der Waals surface area contributed by atoms with E-state index < -0.39 is 0 Å². The van der Waals surface area contributed by atoms with Crippen LogP contribution in [0.15, 0.2) is 29.5 Å². The second-order valence-corrected chi connectivity index (χ2v) is 3.67. The topological polar surface area (TPSA) is 12.0 Å². The SMILES string of the molecule is CC=C=C/C(=C\C)CCCCNCCC. The zero-order valence-corrected chi connectivity index (χ0v) is 10.5. The molecule has 0 amide bonds. The molecule has 0 saturated heterocycles. The third-order valence-corrected chi connectivity index (χ3v) is 2.30. The lowest BCUT2D eigenvalue weighted by Crippen LogP contribution is -2.15. The molecule has 0 bridgehead atoms. The standard InChI is InChI=1S/C14H25N/c1-4-7-10-14(6-3)11-8-9-13-15-12-5-2/h4,6,10,15H,5,8-9,11-13H2,1-3H3/b14-6+. The number of unbranched alkanes of at least 4 members (excludes halogenated alkanes) is 1. The Bertz CT molecular complexity index is 219. The molecule has 0 atom stereocenters. The van der Waals surface area contributed by atoms with Gasteiger partial charge in [0.15, 0.2) is 0 Å². The Kier molecular flexibility index (Phi) is 10.7. The average Bonchev–Trinajstić information content (AvgIpc) is 2.27. The van der Waals surface area contributed by atoms with Crippen molar-refractivity contribution in [3.05, 3.63) is 29.5 Å². The molecule has 0 fully saturated rings. The lowest BCUT2D eigenvalue weighted by atomic mass is 10.1. The van der Waals surface area contributed by atoms with Crippen molar-refractivity contribution in [3.63, 3.8) is 0 Å². The lowest BCUT2D eigenvalue weighted by Gasteiger charge is -2.03. The van der Waals surface area contributed by atoms with Crippen LogP contribution < -0.4 is 5.32 Å². The summed E-state index contributed by atoms with van der Waals surface area (Å²) in [5.74, 6) is 0. The van der Waals surface area contributed by atoms with Gasteiger partial charge in [0.1, 0.15) is 0 Å². The highest BCUT2D eigenvalue weighted by molar-refractivity contribution is 5.16. The highest BCUT2D eigenvalue weighted by atomic mass is 14.8. The molecule has 0 aliphatic heterocycles. The quantitative estimate of drug-likeness (QED) is 0.362. The molecule has 0 unspecified atom stereocenters. The number of hydrogen-bond acceptors (Lipinski definition) is 1. The summed E-state index contributed by atoms with van der Waals surface area (Å²) >= 11 is 0. The van der Waals surface area contributed by atoms with Crippen LogP contribution in [0, 0.1) is 0 Å². The van der Waals surface area contributed by atoms with Gasteiger partial charge in [0, 0.05) is 0 Å². The monoisotopic (exact) mass is 207 g/mol. The molecule has 0 aromatic carbocycles. The van der Waals surface area contributed by atoms with E-state index in [1.54, 1.807) is 0 Å². The van der Waals surface area contributed by atoms with Crippen molar-refractivity contribution in [1.29, 1.82) is 0 Å². The zero-order valence-electron chi connectivity index (χ0n) is 10.5. The van der Waals surface area contributed by atoms with Gasteiger partial charge in [-0.05, 0) is 70.3 Å². The first-order chi connectivity index (χ1) is 7.35. The molecule has 0 aromatic rings. The van der Waals surface area contributed by atoms with Gasteiger partial charge >= 0.3 is 0 Å². The van der Waals surface area contributed by atoms with E-state index in [0.717, 1.165) is 13.1 Å². The first-order valence-electron chi connectivity index (χ1n) is 6.08. The minimum absolute atomic E-state index is 1.15. The largest absolute Gasteiger partial charge is 0.317 e. The maximum Gasteiger partial charge on any atom is -0.00488 e. The summed E-state index contributed by atoms with van der Waals surface area (Å²) < 4.78 is 0. The van der Waals surface area contributed by atoms with Crippen molar-refractivity contribution in [3.8, 4) is 0 Å². The predicted octanol–water partition coefficient (Wildman–Crippen LogP) is 3.83. The molecule has 1 nitrogen and oxygen atoms in total. The van der Waals surface area contributed by atoms with Gasteiger partial charge in [0.05, 0.1) is 0 Å². The number of nitrogens with one attached hydrogen (secondary N) is 1. The molecule has 0 radical (unpaired) electrons. The summed E-state index contributed by atoms with van der Waals surface area (Å²) in [6.45, 7) is 8.59. The van der Waals surface area contributed by atoms with Gasteiger partial charge in [-0.2, -0.15) is 0 Å². The molecule has 0 aliphatic rings. The van der Waals surface area contributed by atoms with Gasteiger partial charge in [0.2, 0.25) is 0 Å². The van der Waals surface area contributed by atoms with Crippen LogP contribution in [-0.2, 0) is 0 Å². The van der Waals surface area contributed by atoms with Crippen LogP contribution in [0.1, 0.15) is 46.5 Å². The van der Waals surface area contributed by atoms with Gasteiger partial charge < -0.3 is 5.32 Å². The van der Waals surface area contributed by atoms with E-state index in [2.05, 4.69) is 37.0 Å². The fourth-order valence-corrected chi connectivity index (χ4v) is 1.37. The Balaban J connectivity index is 3.52. The molecule has 0 aromatic heterocycles. The van der Waals surface area contributed by atoms with Crippen LogP contribution in [0.4, 0.5) is 0 Å². The zero-order chi connectivity index (χ0) is 11.4. The van der Waals surface area contributed by atoms with Gasteiger partial charge in [-0.1, -0.05) is 13.0 Å². The van der Waals surface area contributed by atoms with E-state index >= 15 is 0 Å². The minimum Gasteiger partial charge on any atom is -0.317 e. The van der Waals surface area contributed by atoms with Gasteiger partial charge in [0.25, 0.3) is 0 Å². The maximum atomic E-state index is 3.42. The predicted molar refractivity (Wildman–Crippen MR) is 69.1 cm³/mol. The molecule has 0 rings (SSSR count). The Labute approximate surface area is 95.0 Å². The van der Waals surface area contributed by atoms with Crippen molar-refractivity contribution in [2.24, 2.45) is 0 Å². The lowest BCUT2D eigenvalue weighted by molar-refractivity contribution is 0.617. The van der Waals surface area contributed by atoms with E-state index in [4.69, 9.17) is 0 Å². The third-order valence-electron chi connectivity index (χ3n) is 2.30. The summed E-state index contributed by atoms with van der Waals surface area (Å²) in [6, 6.07) is 0. The van der Waals surface area contributed by atoms with Crippen molar-refractivity contribution in [1.82, 2.24) is 5.32 Å². The summed E-state index contributed by atoms with van der Waals surface area (Å²) in [4.78, 5) is 0. The highest BCUT2D eigenvalue weighted by Crippen LogP contribution is 2.07. The van der Waals surface area contributed by atoms with Crippen LogP contribution in [0.5, 0.6) is 0 Å². The first-order valence-corrected chi connectivity index (χ1v) is 6.08. The van der Waals surface area contributed by atoms with Crippen LogP contribution in [0.25, 0.3) is 0 Å². The Hall–Kier alpha value is -0.780. The molecule has 86 valence electrons. The van der Waals surface area contributed by atoms with Crippen LogP contribution in [0.3, 0.4) is 0 Å².